The van der Waals surface area contributed by atoms with Crippen LogP contribution < -0.4 is 14.2 Å². The summed E-state index contributed by atoms with van der Waals surface area (Å²) < 4.78 is 73.8. The second-order valence-electron chi connectivity index (χ2n) is 5.06. The Morgan fingerprint density at radius 2 is 1.89 bits per heavy atom. The second kappa shape index (κ2) is 8.22. The Hall–Kier alpha value is -2.86. The van der Waals surface area contributed by atoms with Crippen molar-refractivity contribution >= 4 is 15.7 Å². The Morgan fingerprint density at radius 1 is 1.19 bits per heavy atom. The van der Waals surface area contributed by atoms with Gasteiger partial charge >= 0.3 is 12.3 Å². The zero-order chi connectivity index (χ0) is 20.2. The van der Waals surface area contributed by atoms with E-state index in [1.807, 2.05) is 0 Å². The van der Waals surface area contributed by atoms with Crippen LogP contribution in [0.3, 0.4) is 0 Å². The van der Waals surface area contributed by atoms with Gasteiger partial charge in [-0.3, -0.25) is 10.1 Å². The molecule has 0 aliphatic carbocycles. The molecule has 1 N–H and O–H groups in total. The molecule has 0 spiro atoms. The molecule has 12 heteroatoms. The van der Waals surface area contributed by atoms with Gasteiger partial charge in [0.2, 0.25) is 15.8 Å². The molecule has 0 saturated carbocycles. The highest BCUT2D eigenvalue weighted by molar-refractivity contribution is 7.89. The molecule has 27 heavy (non-hydrogen) atoms. The van der Waals surface area contributed by atoms with E-state index in [1.165, 1.54) is 25.3 Å². The summed E-state index contributed by atoms with van der Waals surface area (Å²) in [6, 6.07) is 5.94. The van der Waals surface area contributed by atoms with E-state index in [9.17, 15) is 31.7 Å². The summed E-state index contributed by atoms with van der Waals surface area (Å²) in [5.74, 6) is -1.43. The molecule has 0 aromatic heterocycles. The van der Waals surface area contributed by atoms with E-state index in [2.05, 4.69) is 9.46 Å². The van der Waals surface area contributed by atoms with Crippen LogP contribution in [0.2, 0.25) is 0 Å². The van der Waals surface area contributed by atoms with Gasteiger partial charge in [0.05, 0.1) is 16.9 Å². The summed E-state index contributed by atoms with van der Waals surface area (Å²) in [5, 5.41) is 10.7. The van der Waals surface area contributed by atoms with Gasteiger partial charge in [0.1, 0.15) is 0 Å². The number of nitrogens with zero attached hydrogens (tertiary/aromatic N) is 1. The van der Waals surface area contributed by atoms with Gasteiger partial charge in [-0.15, -0.1) is 0 Å². The molecule has 0 saturated heterocycles. The van der Waals surface area contributed by atoms with Gasteiger partial charge in [-0.25, -0.2) is 13.1 Å². The summed E-state index contributed by atoms with van der Waals surface area (Å²) >= 11 is 0. The Labute approximate surface area is 151 Å². The van der Waals surface area contributed by atoms with Crippen LogP contribution >= 0.6 is 0 Å². The number of sulfonamides is 1. The van der Waals surface area contributed by atoms with E-state index in [4.69, 9.17) is 4.74 Å². The van der Waals surface area contributed by atoms with Gasteiger partial charge in [-0.2, -0.15) is 13.2 Å². The smallest absolute Gasteiger partial charge is 0.387 e. The molecule has 2 aromatic rings. The highest BCUT2D eigenvalue weighted by atomic mass is 32.2. The minimum absolute atomic E-state index is 0.0376. The first-order valence-electron chi connectivity index (χ1n) is 7.19. The molecule has 0 unspecified atom stereocenters. The van der Waals surface area contributed by atoms with Crippen molar-refractivity contribution in [2.45, 2.75) is 18.1 Å². The van der Waals surface area contributed by atoms with E-state index in [0.717, 1.165) is 6.07 Å². The van der Waals surface area contributed by atoms with Gasteiger partial charge in [0.15, 0.2) is 11.5 Å². The van der Waals surface area contributed by atoms with Gasteiger partial charge < -0.3 is 9.47 Å². The van der Waals surface area contributed by atoms with Crippen LogP contribution in [0, 0.1) is 15.9 Å². The largest absolute Gasteiger partial charge is 0.493 e. The SMILES string of the molecule is COc1cc(CNS(=O)(=O)c2ccc(F)c([N+](=O)[O-])c2)ccc1OC(F)F. The number of rotatable bonds is 8. The second-order valence-corrected chi connectivity index (χ2v) is 6.83. The van der Waals surface area contributed by atoms with Crippen molar-refractivity contribution in [3.63, 3.8) is 0 Å². The third-order valence-electron chi connectivity index (χ3n) is 3.34. The average molecular weight is 406 g/mol. The number of hydrogen-bond donors (Lipinski definition) is 1. The van der Waals surface area contributed by atoms with E-state index in [-0.39, 0.29) is 18.0 Å². The molecular weight excluding hydrogens is 393 g/mol. The first-order chi connectivity index (χ1) is 12.6. The lowest BCUT2D eigenvalue weighted by Gasteiger charge is -2.12. The number of benzene rings is 2. The minimum atomic E-state index is -4.19. The summed E-state index contributed by atoms with van der Waals surface area (Å²) in [6.45, 7) is -3.34. The fourth-order valence-electron chi connectivity index (χ4n) is 2.08. The maximum Gasteiger partial charge on any atom is 0.387 e. The van der Waals surface area contributed by atoms with Gasteiger partial charge in [-0.05, 0) is 29.8 Å². The molecule has 8 nitrogen and oxygen atoms in total. The summed E-state index contributed by atoms with van der Waals surface area (Å²) in [6.07, 6.45) is 0. The molecule has 0 fully saturated rings. The zero-order valence-corrected chi connectivity index (χ0v) is 14.5. The van der Waals surface area contributed by atoms with Crippen LogP contribution in [0.1, 0.15) is 5.56 Å². The van der Waals surface area contributed by atoms with Gasteiger partial charge in [0.25, 0.3) is 0 Å². The topological polar surface area (TPSA) is 108 Å². The third-order valence-corrected chi connectivity index (χ3v) is 4.73. The van der Waals surface area contributed by atoms with Crippen LogP contribution in [0.4, 0.5) is 18.9 Å². The highest BCUT2D eigenvalue weighted by Gasteiger charge is 2.21. The summed E-state index contributed by atoms with van der Waals surface area (Å²) in [7, 11) is -2.97. The van der Waals surface area contributed by atoms with Crippen molar-refractivity contribution in [3.8, 4) is 11.5 Å². The monoisotopic (exact) mass is 406 g/mol. The fraction of sp³-hybridized carbons (Fsp3) is 0.200. The number of hydrogen-bond acceptors (Lipinski definition) is 6. The maximum absolute atomic E-state index is 13.3. The quantitative estimate of drug-likeness (QED) is 0.534. The molecule has 0 aliphatic heterocycles. The predicted molar refractivity (Wildman–Crippen MR) is 86.7 cm³/mol. The highest BCUT2D eigenvalue weighted by Crippen LogP contribution is 2.29. The van der Waals surface area contributed by atoms with Crippen LogP contribution in [-0.2, 0) is 16.6 Å². The molecule has 0 bridgehead atoms. The van der Waals surface area contributed by atoms with Crippen LogP contribution in [-0.4, -0.2) is 27.1 Å². The molecule has 0 aliphatic rings. The third kappa shape index (κ3) is 5.08. The number of halogens is 3. The fourth-order valence-corrected chi connectivity index (χ4v) is 3.11. The van der Waals surface area contributed by atoms with E-state index in [0.29, 0.717) is 17.7 Å². The maximum atomic E-state index is 13.3. The van der Waals surface area contributed by atoms with Crippen molar-refractivity contribution < 1.29 is 36.0 Å². The lowest BCUT2D eigenvalue weighted by Crippen LogP contribution is -2.23. The van der Waals surface area contributed by atoms with Gasteiger partial charge in [-0.1, -0.05) is 6.07 Å². The molecule has 0 radical (unpaired) electrons. The number of nitrogens with one attached hydrogen (secondary N) is 1. The summed E-state index contributed by atoms with van der Waals surface area (Å²) in [4.78, 5) is 9.19. The van der Waals surface area contributed by atoms with Crippen molar-refractivity contribution in [1.29, 1.82) is 0 Å². The molecule has 2 aromatic carbocycles. The Balaban J connectivity index is 2.20. The number of nitro groups is 1. The van der Waals surface area contributed by atoms with E-state index < -0.39 is 38.0 Å². The molecule has 146 valence electrons. The van der Waals surface area contributed by atoms with Crippen molar-refractivity contribution in [1.82, 2.24) is 4.72 Å². The van der Waals surface area contributed by atoms with Crippen molar-refractivity contribution in [3.05, 3.63) is 57.9 Å². The molecule has 0 heterocycles. The molecule has 0 amide bonds. The lowest BCUT2D eigenvalue weighted by molar-refractivity contribution is -0.387. The van der Waals surface area contributed by atoms with Crippen molar-refractivity contribution in [2.24, 2.45) is 0 Å². The summed E-state index contributed by atoms with van der Waals surface area (Å²) in [5.41, 5.74) is -0.637. The van der Waals surface area contributed by atoms with Crippen LogP contribution in [0.15, 0.2) is 41.3 Å². The first-order valence-corrected chi connectivity index (χ1v) is 8.67. The minimum Gasteiger partial charge on any atom is -0.493 e. The Bertz CT molecular complexity index is 953. The van der Waals surface area contributed by atoms with Gasteiger partial charge in [0, 0.05) is 12.6 Å². The number of nitro benzene ring substituents is 1. The van der Waals surface area contributed by atoms with Crippen LogP contribution in [0.5, 0.6) is 11.5 Å². The standard InChI is InChI=1S/C15H13F3N2O6S/c1-25-14-6-9(2-5-13(14)26-15(17)18)8-19-27(23,24)10-3-4-11(16)12(7-10)20(21)22/h2-7,15,19H,8H2,1H3. The number of alkyl halides is 2. The number of ether oxygens (including phenoxy) is 2. The molecular formula is C15H13F3N2O6S. The van der Waals surface area contributed by atoms with Crippen molar-refractivity contribution in [2.75, 3.05) is 7.11 Å². The molecule has 2 rings (SSSR count). The normalized spacial score (nSPS) is 11.4. The number of methoxy groups -OCH3 is 1. The van der Waals surface area contributed by atoms with Crippen LogP contribution in [0.25, 0.3) is 0 Å². The molecule has 0 atom stereocenters. The zero-order valence-electron chi connectivity index (χ0n) is 13.7. The Kier molecular flexibility index (Phi) is 6.23. The lowest BCUT2D eigenvalue weighted by atomic mass is 10.2. The first kappa shape index (κ1) is 20.5. The Morgan fingerprint density at radius 3 is 2.48 bits per heavy atom. The van der Waals surface area contributed by atoms with E-state index >= 15 is 0 Å². The predicted octanol–water partition coefficient (Wildman–Crippen LogP) is 2.82. The van der Waals surface area contributed by atoms with E-state index in [1.54, 1.807) is 0 Å². The average Bonchev–Trinajstić information content (AvgIpc) is 2.60.